The van der Waals surface area contributed by atoms with Gasteiger partial charge in [-0.25, -0.2) is 0 Å². The molecule has 1 heterocycles. The van der Waals surface area contributed by atoms with Gasteiger partial charge < -0.3 is 10.6 Å². The Kier molecular flexibility index (Phi) is 4.22. The molecule has 1 aliphatic heterocycles. The van der Waals surface area contributed by atoms with Crippen LogP contribution in [0.2, 0.25) is 0 Å². The topological polar surface area (TPSA) is 29.3 Å². The molecule has 2 rings (SSSR count). The minimum absolute atomic E-state index is 0.196. The van der Waals surface area contributed by atoms with Crippen molar-refractivity contribution in [3.05, 3.63) is 0 Å². The Morgan fingerprint density at radius 3 is 2.17 bits per heavy atom. The third-order valence-electron chi connectivity index (χ3n) is 4.68. The first-order valence-electron chi connectivity index (χ1n) is 6.94. The lowest BCUT2D eigenvalue weighted by Crippen LogP contribution is -2.40. The Balaban J connectivity index is 1.81. The number of likely N-dealkylation sites (tertiary alicyclic amines) is 1. The van der Waals surface area contributed by atoms with Gasteiger partial charge in [0, 0.05) is 18.6 Å². The molecule has 1 saturated carbocycles. The van der Waals surface area contributed by atoms with Gasteiger partial charge in [0.05, 0.1) is 5.92 Å². The zero-order valence-electron chi connectivity index (χ0n) is 10.9. The Bertz CT molecular complexity index is 270. The first-order valence-corrected chi connectivity index (χ1v) is 6.94. The summed E-state index contributed by atoms with van der Waals surface area (Å²) in [7, 11) is 0. The summed E-state index contributed by atoms with van der Waals surface area (Å²) in [6.45, 7) is 4.00. The summed E-state index contributed by atoms with van der Waals surface area (Å²) in [5.41, 5.74) is 5.89. The Morgan fingerprint density at radius 1 is 1.11 bits per heavy atom. The maximum Gasteiger partial charge on any atom is 0.391 e. The highest BCUT2D eigenvalue weighted by molar-refractivity contribution is 4.88. The van der Waals surface area contributed by atoms with Gasteiger partial charge in [0.15, 0.2) is 0 Å². The number of hydrogen-bond acceptors (Lipinski definition) is 2. The zero-order valence-corrected chi connectivity index (χ0v) is 10.9. The molecule has 2 atom stereocenters. The summed E-state index contributed by atoms with van der Waals surface area (Å²) in [5, 5.41) is 0. The minimum atomic E-state index is -4.00. The predicted octanol–water partition coefficient (Wildman–Crippen LogP) is 2.78. The van der Waals surface area contributed by atoms with Crippen LogP contribution in [-0.4, -0.2) is 36.2 Å². The molecule has 0 aromatic carbocycles. The normalized spacial score (nSPS) is 36.8. The van der Waals surface area contributed by atoms with Gasteiger partial charge in [-0.15, -0.1) is 0 Å². The lowest BCUT2D eigenvalue weighted by Gasteiger charge is -2.35. The summed E-state index contributed by atoms with van der Waals surface area (Å²) >= 11 is 0. The molecule has 0 radical (unpaired) electrons. The number of alkyl halides is 3. The standard InChI is InChI=1S/C13H23F3N2/c1-9(17)10-6-7-18(8-10)12-4-2-11(3-5-12)13(14,15)16/h9-12H,2-8,17H2,1H3. The average molecular weight is 264 g/mol. The van der Waals surface area contributed by atoms with Gasteiger partial charge in [-0.3, -0.25) is 0 Å². The van der Waals surface area contributed by atoms with Crippen molar-refractivity contribution in [2.45, 2.75) is 57.3 Å². The molecule has 0 spiro atoms. The highest BCUT2D eigenvalue weighted by Gasteiger charge is 2.42. The Hall–Kier alpha value is -0.290. The molecular weight excluding hydrogens is 241 g/mol. The first kappa shape index (κ1) is 14.1. The number of rotatable bonds is 2. The van der Waals surface area contributed by atoms with Gasteiger partial charge in [0.2, 0.25) is 0 Å². The fourth-order valence-electron chi connectivity index (χ4n) is 3.34. The van der Waals surface area contributed by atoms with Crippen LogP contribution in [0.4, 0.5) is 13.2 Å². The van der Waals surface area contributed by atoms with Gasteiger partial charge in [-0.1, -0.05) is 0 Å². The first-order chi connectivity index (χ1) is 8.38. The van der Waals surface area contributed by atoms with Crippen LogP contribution in [0.3, 0.4) is 0 Å². The van der Waals surface area contributed by atoms with E-state index in [1.54, 1.807) is 0 Å². The van der Waals surface area contributed by atoms with Crippen molar-refractivity contribution in [1.82, 2.24) is 4.90 Å². The number of hydrogen-bond donors (Lipinski definition) is 1. The van der Waals surface area contributed by atoms with Crippen molar-refractivity contribution in [3.8, 4) is 0 Å². The van der Waals surface area contributed by atoms with E-state index in [0.29, 0.717) is 37.6 Å². The van der Waals surface area contributed by atoms with E-state index in [9.17, 15) is 13.2 Å². The number of nitrogens with two attached hydrogens (primary N) is 1. The molecule has 0 aromatic heterocycles. The lowest BCUT2D eigenvalue weighted by atomic mass is 9.85. The highest BCUT2D eigenvalue weighted by Crippen LogP contribution is 2.39. The van der Waals surface area contributed by atoms with Crippen LogP contribution in [0.5, 0.6) is 0 Å². The molecule has 106 valence electrons. The van der Waals surface area contributed by atoms with Gasteiger partial charge in [0.25, 0.3) is 0 Å². The third kappa shape index (κ3) is 3.18. The van der Waals surface area contributed by atoms with E-state index in [-0.39, 0.29) is 6.04 Å². The van der Waals surface area contributed by atoms with Gasteiger partial charge in [0.1, 0.15) is 0 Å². The fourth-order valence-corrected chi connectivity index (χ4v) is 3.34. The van der Waals surface area contributed by atoms with Crippen molar-refractivity contribution in [2.24, 2.45) is 17.6 Å². The van der Waals surface area contributed by atoms with Crippen molar-refractivity contribution < 1.29 is 13.2 Å². The van der Waals surface area contributed by atoms with E-state index >= 15 is 0 Å². The van der Waals surface area contributed by atoms with E-state index in [4.69, 9.17) is 5.73 Å². The maximum atomic E-state index is 12.6. The van der Waals surface area contributed by atoms with E-state index in [1.165, 1.54) is 0 Å². The second-order valence-corrected chi connectivity index (χ2v) is 5.95. The van der Waals surface area contributed by atoms with Gasteiger partial charge in [-0.05, 0) is 51.5 Å². The van der Waals surface area contributed by atoms with Crippen LogP contribution in [0, 0.1) is 11.8 Å². The molecule has 1 saturated heterocycles. The second kappa shape index (κ2) is 5.37. The molecule has 0 bridgehead atoms. The van der Waals surface area contributed by atoms with Gasteiger partial charge in [-0.2, -0.15) is 13.2 Å². The van der Waals surface area contributed by atoms with E-state index < -0.39 is 12.1 Å². The SMILES string of the molecule is CC(N)C1CCN(C2CCC(C(F)(F)F)CC2)C1. The van der Waals surface area contributed by atoms with Gasteiger partial charge >= 0.3 is 6.18 Å². The summed E-state index contributed by atoms with van der Waals surface area (Å²) < 4.78 is 37.8. The summed E-state index contributed by atoms with van der Waals surface area (Å²) in [6, 6.07) is 0.550. The number of halogens is 3. The van der Waals surface area contributed by atoms with E-state index in [0.717, 1.165) is 19.5 Å². The van der Waals surface area contributed by atoms with Crippen LogP contribution >= 0.6 is 0 Å². The molecule has 2 N–H and O–H groups in total. The van der Waals surface area contributed by atoms with Crippen LogP contribution in [0.25, 0.3) is 0 Å². The van der Waals surface area contributed by atoms with Crippen molar-refractivity contribution >= 4 is 0 Å². The van der Waals surface area contributed by atoms with E-state index in [1.807, 2.05) is 6.92 Å². The summed E-state index contributed by atoms with van der Waals surface area (Å²) in [6.07, 6.45) is -0.923. The monoisotopic (exact) mass is 264 g/mol. The molecule has 18 heavy (non-hydrogen) atoms. The molecule has 0 amide bonds. The lowest BCUT2D eigenvalue weighted by molar-refractivity contribution is -0.184. The van der Waals surface area contributed by atoms with E-state index in [2.05, 4.69) is 4.90 Å². The largest absolute Gasteiger partial charge is 0.391 e. The average Bonchev–Trinajstić information content (AvgIpc) is 2.77. The van der Waals surface area contributed by atoms with Crippen molar-refractivity contribution in [3.63, 3.8) is 0 Å². The summed E-state index contributed by atoms with van der Waals surface area (Å²) in [5.74, 6) is -0.550. The van der Waals surface area contributed by atoms with Crippen molar-refractivity contribution in [1.29, 1.82) is 0 Å². The molecule has 2 aliphatic rings. The fraction of sp³-hybridized carbons (Fsp3) is 1.00. The Labute approximate surface area is 107 Å². The van der Waals surface area contributed by atoms with Crippen LogP contribution in [-0.2, 0) is 0 Å². The molecule has 2 nitrogen and oxygen atoms in total. The minimum Gasteiger partial charge on any atom is -0.328 e. The second-order valence-electron chi connectivity index (χ2n) is 5.95. The maximum absolute atomic E-state index is 12.6. The zero-order chi connectivity index (χ0) is 13.3. The molecule has 5 heteroatoms. The highest BCUT2D eigenvalue weighted by atomic mass is 19.4. The third-order valence-corrected chi connectivity index (χ3v) is 4.68. The molecule has 0 aromatic rings. The quantitative estimate of drug-likeness (QED) is 0.831. The van der Waals surface area contributed by atoms with Crippen LogP contribution < -0.4 is 5.73 Å². The Morgan fingerprint density at radius 2 is 1.72 bits per heavy atom. The van der Waals surface area contributed by atoms with Crippen LogP contribution in [0.1, 0.15) is 39.0 Å². The summed E-state index contributed by atoms with van der Waals surface area (Å²) in [4.78, 5) is 2.36. The number of nitrogens with zero attached hydrogens (tertiary/aromatic N) is 1. The smallest absolute Gasteiger partial charge is 0.328 e. The predicted molar refractivity (Wildman–Crippen MR) is 65.1 cm³/mol. The van der Waals surface area contributed by atoms with Crippen molar-refractivity contribution in [2.75, 3.05) is 13.1 Å². The molecule has 2 fully saturated rings. The molecular formula is C13H23F3N2. The molecule has 2 unspecified atom stereocenters. The molecule has 1 aliphatic carbocycles. The van der Waals surface area contributed by atoms with Crippen LogP contribution in [0.15, 0.2) is 0 Å².